The average Bonchev–Trinajstić information content (AvgIpc) is 3.78. The lowest BCUT2D eigenvalue weighted by Crippen LogP contribution is -2.10. The van der Waals surface area contributed by atoms with Crippen molar-refractivity contribution in [1.29, 1.82) is 0 Å². The van der Waals surface area contributed by atoms with Gasteiger partial charge in [0.15, 0.2) is 6.23 Å². The van der Waals surface area contributed by atoms with Crippen LogP contribution in [0.5, 0.6) is 5.75 Å². The molecule has 232 valence electrons. The zero-order chi connectivity index (χ0) is 32.3. The van der Waals surface area contributed by atoms with Crippen LogP contribution in [0.3, 0.4) is 0 Å². The minimum absolute atomic E-state index is 0.227. The molecule has 0 spiro atoms. The molecule has 1 aliphatic rings. The predicted molar refractivity (Wildman–Crippen MR) is 208 cm³/mol. The number of hydrogen-bond donors (Lipinski definition) is 1. The molecule has 1 aromatic heterocycles. The van der Waals surface area contributed by atoms with Crippen molar-refractivity contribution in [3.63, 3.8) is 0 Å². The number of ether oxygens (including phenoxy) is 1. The van der Waals surface area contributed by atoms with E-state index in [0.717, 1.165) is 34.1 Å². The third kappa shape index (κ3) is 4.64. The van der Waals surface area contributed by atoms with Crippen molar-refractivity contribution >= 4 is 75.8 Å². The maximum absolute atomic E-state index is 6.45. The van der Waals surface area contributed by atoms with E-state index in [0.29, 0.717) is 0 Å². The van der Waals surface area contributed by atoms with Gasteiger partial charge < -0.3 is 15.0 Å². The zero-order valence-corrected chi connectivity index (χ0v) is 27.3. The molecule has 1 atom stereocenters. The Morgan fingerprint density at radius 2 is 1.22 bits per heavy atom. The van der Waals surface area contributed by atoms with Gasteiger partial charge in [0.2, 0.25) is 0 Å². The Balaban J connectivity index is 1.13. The van der Waals surface area contributed by atoms with E-state index in [4.69, 9.17) is 4.74 Å². The Kier molecular flexibility index (Phi) is 6.42. The fourth-order valence-electron chi connectivity index (χ4n) is 7.39. The van der Waals surface area contributed by atoms with Crippen LogP contribution in [0.4, 0.5) is 22.7 Å². The summed E-state index contributed by atoms with van der Waals surface area (Å²) < 4.78 is 9.09. The summed E-state index contributed by atoms with van der Waals surface area (Å²) in [6.45, 7) is 0. The molecule has 9 aromatic rings. The molecule has 1 aliphatic heterocycles. The molecular formula is C45H30N2OS. The highest BCUT2D eigenvalue weighted by atomic mass is 32.1. The van der Waals surface area contributed by atoms with E-state index in [9.17, 15) is 0 Å². The fourth-order valence-corrected chi connectivity index (χ4v) is 8.47. The van der Waals surface area contributed by atoms with Crippen LogP contribution in [0, 0.1) is 0 Å². The molecule has 0 bridgehead atoms. The lowest BCUT2D eigenvalue weighted by Gasteiger charge is -2.27. The molecule has 2 heterocycles. The number of hydrogen-bond acceptors (Lipinski definition) is 4. The molecule has 3 nitrogen and oxygen atoms in total. The van der Waals surface area contributed by atoms with Crippen LogP contribution in [0.25, 0.3) is 52.8 Å². The smallest absolute Gasteiger partial charge is 0.196 e. The minimum Gasteiger partial charge on any atom is -0.464 e. The van der Waals surface area contributed by atoms with Gasteiger partial charge in [0.05, 0.1) is 11.4 Å². The van der Waals surface area contributed by atoms with Crippen LogP contribution in [0.1, 0.15) is 11.8 Å². The highest BCUT2D eigenvalue weighted by molar-refractivity contribution is 7.25. The summed E-state index contributed by atoms with van der Waals surface area (Å²) in [5, 5.41) is 11.0. The second-order valence-electron chi connectivity index (χ2n) is 12.6. The fraction of sp³-hybridized carbons (Fsp3) is 0.0222. The van der Waals surface area contributed by atoms with Gasteiger partial charge in [-0.05, 0) is 76.5 Å². The number of benzene rings is 8. The van der Waals surface area contributed by atoms with Crippen molar-refractivity contribution in [2.75, 3.05) is 10.2 Å². The molecule has 8 aromatic carbocycles. The van der Waals surface area contributed by atoms with E-state index in [-0.39, 0.29) is 6.23 Å². The van der Waals surface area contributed by atoms with E-state index in [1.54, 1.807) is 0 Å². The van der Waals surface area contributed by atoms with Crippen molar-refractivity contribution in [3.05, 3.63) is 175 Å². The summed E-state index contributed by atoms with van der Waals surface area (Å²) in [6, 6.07) is 60.9. The number of rotatable bonds is 5. The monoisotopic (exact) mass is 646 g/mol. The summed E-state index contributed by atoms with van der Waals surface area (Å²) in [6.07, 6.45) is -0.227. The Hall–Kier alpha value is -6.10. The normalized spacial score (nSPS) is 13.8. The molecule has 0 saturated carbocycles. The topological polar surface area (TPSA) is 24.5 Å². The Labute approximate surface area is 288 Å². The van der Waals surface area contributed by atoms with Gasteiger partial charge in [-0.25, -0.2) is 0 Å². The molecule has 0 fully saturated rings. The Bertz CT molecular complexity index is 2680. The molecule has 1 unspecified atom stereocenters. The van der Waals surface area contributed by atoms with E-state index in [2.05, 4.69) is 174 Å². The predicted octanol–water partition coefficient (Wildman–Crippen LogP) is 13.0. The third-order valence-corrected chi connectivity index (χ3v) is 10.8. The van der Waals surface area contributed by atoms with Gasteiger partial charge in [0.25, 0.3) is 0 Å². The quantitative estimate of drug-likeness (QED) is 0.188. The lowest BCUT2D eigenvalue weighted by atomic mass is 9.97. The lowest BCUT2D eigenvalue weighted by molar-refractivity contribution is 0.260. The van der Waals surface area contributed by atoms with E-state index in [1.165, 1.54) is 52.8 Å². The summed E-state index contributed by atoms with van der Waals surface area (Å²) in [5.74, 6) is 0.877. The molecular weight excluding hydrogens is 617 g/mol. The van der Waals surface area contributed by atoms with Crippen LogP contribution >= 0.6 is 11.3 Å². The highest BCUT2D eigenvalue weighted by Gasteiger charge is 2.26. The number of para-hydroxylation sites is 1. The third-order valence-electron chi connectivity index (χ3n) is 9.67. The van der Waals surface area contributed by atoms with E-state index in [1.807, 2.05) is 17.4 Å². The number of nitrogens with one attached hydrogen (secondary N) is 1. The molecule has 10 rings (SSSR count). The van der Waals surface area contributed by atoms with Crippen molar-refractivity contribution in [1.82, 2.24) is 0 Å². The Morgan fingerprint density at radius 1 is 0.510 bits per heavy atom. The van der Waals surface area contributed by atoms with Gasteiger partial charge in [0.1, 0.15) is 5.75 Å². The van der Waals surface area contributed by atoms with Crippen LogP contribution < -0.4 is 15.0 Å². The first-order chi connectivity index (χ1) is 24.3. The SMILES string of the molecule is c1ccc(C2Nc3c(ccc4ccc5c(N(c6ccccc6)c6cccc(-c7ccc8sc9ccccc9c8c7)c6)cccc5c34)O2)cc1. The van der Waals surface area contributed by atoms with Crippen molar-refractivity contribution < 1.29 is 4.74 Å². The molecule has 0 amide bonds. The zero-order valence-electron chi connectivity index (χ0n) is 26.5. The van der Waals surface area contributed by atoms with Gasteiger partial charge in [-0.15, -0.1) is 11.3 Å². The van der Waals surface area contributed by atoms with Crippen LogP contribution in [0.2, 0.25) is 0 Å². The maximum atomic E-state index is 6.45. The van der Waals surface area contributed by atoms with Gasteiger partial charge in [-0.1, -0.05) is 115 Å². The summed E-state index contributed by atoms with van der Waals surface area (Å²) in [7, 11) is 0. The number of anilines is 4. The van der Waals surface area contributed by atoms with Crippen molar-refractivity contribution in [3.8, 4) is 16.9 Å². The van der Waals surface area contributed by atoms with Gasteiger partial charge >= 0.3 is 0 Å². The standard InChI is InChI=1S/C45H30N2OS/c1-3-11-30(12-4-1)45-46-44-40(48-45)25-22-29-21-24-35-37(43(29)44)18-10-19-39(35)47(33-14-5-2-6-15-33)34-16-9-13-31(27-34)32-23-26-42-38(28-32)36-17-7-8-20-41(36)49-42/h1-28,45-46H. The summed E-state index contributed by atoms with van der Waals surface area (Å²) >= 11 is 1.86. The number of fused-ring (bicyclic) bond motifs is 8. The summed E-state index contributed by atoms with van der Waals surface area (Å²) in [5.41, 5.74) is 7.88. The van der Waals surface area contributed by atoms with Crippen molar-refractivity contribution in [2.45, 2.75) is 6.23 Å². The van der Waals surface area contributed by atoms with Crippen molar-refractivity contribution in [2.24, 2.45) is 0 Å². The van der Waals surface area contributed by atoms with Gasteiger partial charge in [-0.3, -0.25) is 0 Å². The molecule has 1 N–H and O–H groups in total. The number of thiophene rings is 1. The first-order valence-corrected chi connectivity index (χ1v) is 17.4. The summed E-state index contributed by atoms with van der Waals surface area (Å²) in [4.78, 5) is 2.38. The minimum atomic E-state index is -0.227. The van der Waals surface area contributed by atoms with Crippen LogP contribution in [0.15, 0.2) is 170 Å². The van der Waals surface area contributed by atoms with Crippen LogP contribution in [-0.4, -0.2) is 0 Å². The molecule has 0 aliphatic carbocycles. The largest absolute Gasteiger partial charge is 0.464 e. The molecule has 49 heavy (non-hydrogen) atoms. The molecule has 0 radical (unpaired) electrons. The first-order valence-electron chi connectivity index (χ1n) is 16.6. The van der Waals surface area contributed by atoms with Crippen LogP contribution in [-0.2, 0) is 0 Å². The van der Waals surface area contributed by atoms with E-state index >= 15 is 0 Å². The molecule has 0 saturated heterocycles. The first kappa shape index (κ1) is 28.0. The maximum Gasteiger partial charge on any atom is 0.196 e. The van der Waals surface area contributed by atoms with Gasteiger partial charge in [-0.2, -0.15) is 0 Å². The number of nitrogens with zero attached hydrogens (tertiary/aromatic N) is 1. The van der Waals surface area contributed by atoms with Gasteiger partial charge in [0, 0.05) is 47.9 Å². The Morgan fingerprint density at radius 3 is 2.12 bits per heavy atom. The second kappa shape index (κ2) is 11.3. The molecule has 4 heteroatoms. The average molecular weight is 647 g/mol. The highest BCUT2D eigenvalue weighted by Crippen LogP contribution is 2.48. The van der Waals surface area contributed by atoms with E-state index < -0.39 is 0 Å². The second-order valence-corrected chi connectivity index (χ2v) is 13.6.